The number of nitrogens with one attached hydrogen (secondary N) is 1. The van der Waals surface area contributed by atoms with Gasteiger partial charge in [-0.1, -0.05) is 0 Å². The number of ether oxygens (including phenoxy) is 1. The zero-order valence-corrected chi connectivity index (χ0v) is 10.1. The van der Waals surface area contributed by atoms with Gasteiger partial charge in [-0.25, -0.2) is 4.79 Å². The summed E-state index contributed by atoms with van der Waals surface area (Å²) in [5.41, 5.74) is 0. The normalized spacial score (nSPS) is 14.4. The van der Waals surface area contributed by atoms with E-state index < -0.39 is 5.97 Å². The number of carbonyl (C=O) groups excluding carboxylic acids is 1. The summed E-state index contributed by atoms with van der Waals surface area (Å²) < 4.78 is 5.41. The van der Waals surface area contributed by atoms with Crippen LogP contribution in [-0.2, 0) is 9.53 Å². The third kappa shape index (κ3) is 6.78. The summed E-state index contributed by atoms with van der Waals surface area (Å²) >= 11 is 0. The minimum Gasteiger partial charge on any atom is -0.480 e. The van der Waals surface area contributed by atoms with E-state index in [-0.39, 0.29) is 12.6 Å². The maximum Gasteiger partial charge on any atom is 0.323 e. The third-order valence-electron chi connectivity index (χ3n) is 2.51. The standard InChI is InChI=1S/C11H20N2O4/c1-13(7-10(14)15)11(16)12-5-2-6-17-8-9-3-4-9/h9H,2-8H2,1H3,(H,12,16)(H,14,15). The average Bonchev–Trinajstić information content (AvgIpc) is 3.05. The van der Waals surface area contributed by atoms with Crippen LogP contribution in [0.2, 0.25) is 0 Å². The highest BCUT2D eigenvalue weighted by Crippen LogP contribution is 2.28. The van der Waals surface area contributed by atoms with Crippen LogP contribution in [0.25, 0.3) is 0 Å². The van der Waals surface area contributed by atoms with Crippen LogP contribution >= 0.6 is 0 Å². The van der Waals surface area contributed by atoms with Gasteiger partial charge in [-0.05, 0) is 25.2 Å². The molecule has 0 unspecified atom stereocenters. The van der Waals surface area contributed by atoms with E-state index in [2.05, 4.69) is 5.32 Å². The van der Waals surface area contributed by atoms with Crippen LogP contribution < -0.4 is 5.32 Å². The minimum atomic E-state index is -1.02. The molecule has 6 nitrogen and oxygen atoms in total. The molecule has 1 rings (SSSR count). The number of carboxylic acid groups (broad SMARTS) is 1. The number of carbonyl (C=O) groups is 2. The molecule has 0 aromatic heterocycles. The lowest BCUT2D eigenvalue weighted by atomic mass is 10.4. The summed E-state index contributed by atoms with van der Waals surface area (Å²) in [6.45, 7) is 1.68. The van der Waals surface area contributed by atoms with Crippen LogP contribution in [0.4, 0.5) is 4.79 Å². The number of rotatable bonds is 8. The third-order valence-corrected chi connectivity index (χ3v) is 2.51. The number of amides is 2. The van der Waals surface area contributed by atoms with Crippen molar-refractivity contribution in [3.05, 3.63) is 0 Å². The number of likely N-dealkylation sites (N-methyl/N-ethyl adjacent to an activating group) is 1. The lowest BCUT2D eigenvalue weighted by molar-refractivity contribution is -0.137. The summed E-state index contributed by atoms with van der Waals surface area (Å²) in [6, 6.07) is -0.366. The second kappa shape index (κ2) is 7.11. The molecule has 0 aromatic rings. The van der Waals surface area contributed by atoms with Gasteiger partial charge in [0.2, 0.25) is 0 Å². The van der Waals surface area contributed by atoms with Crippen LogP contribution in [0.15, 0.2) is 0 Å². The molecule has 2 N–H and O–H groups in total. The highest BCUT2D eigenvalue weighted by atomic mass is 16.5. The molecule has 98 valence electrons. The first-order chi connectivity index (χ1) is 8.09. The average molecular weight is 244 g/mol. The first-order valence-corrected chi connectivity index (χ1v) is 5.88. The van der Waals surface area contributed by atoms with Crippen molar-refractivity contribution >= 4 is 12.0 Å². The topological polar surface area (TPSA) is 78.9 Å². The van der Waals surface area contributed by atoms with E-state index in [0.29, 0.717) is 13.2 Å². The van der Waals surface area contributed by atoms with Gasteiger partial charge in [-0.15, -0.1) is 0 Å². The molecule has 0 bridgehead atoms. The summed E-state index contributed by atoms with van der Waals surface area (Å²) in [4.78, 5) is 22.8. The van der Waals surface area contributed by atoms with E-state index in [1.807, 2.05) is 0 Å². The Kier molecular flexibility index (Phi) is 5.76. The highest BCUT2D eigenvalue weighted by molar-refractivity contribution is 5.79. The molecule has 0 heterocycles. The molecule has 17 heavy (non-hydrogen) atoms. The largest absolute Gasteiger partial charge is 0.480 e. The molecule has 1 fully saturated rings. The highest BCUT2D eigenvalue weighted by Gasteiger charge is 2.20. The number of nitrogens with zero attached hydrogens (tertiary/aromatic N) is 1. The number of hydrogen-bond donors (Lipinski definition) is 2. The van der Waals surface area contributed by atoms with Gasteiger partial charge in [0.15, 0.2) is 0 Å². The van der Waals surface area contributed by atoms with Crippen LogP contribution in [-0.4, -0.2) is 55.4 Å². The molecule has 0 radical (unpaired) electrons. The number of urea groups is 1. The Balaban J connectivity index is 1.93. The van der Waals surface area contributed by atoms with Crippen LogP contribution in [0.5, 0.6) is 0 Å². The van der Waals surface area contributed by atoms with Gasteiger partial charge >= 0.3 is 12.0 Å². The lowest BCUT2D eigenvalue weighted by Gasteiger charge is -2.15. The maximum absolute atomic E-state index is 11.3. The predicted octanol–water partition coefficient (Wildman–Crippen LogP) is 0.529. The van der Waals surface area contributed by atoms with Gasteiger partial charge in [-0.3, -0.25) is 4.79 Å². The zero-order valence-electron chi connectivity index (χ0n) is 10.1. The fraction of sp³-hybridized carbons (Fsp3) is 0.818. The smallest absolute Gasteiger partial charge is 0.323 e. The monoisotopic (exact) mass is 244 g/mol. The SMILES string of the molecule is CN(CC(=O)O)C(=O)NCCCOCC1CC1. The molecule has 0 aliphatic heterocycles. The van der Waals surface area contributed by atoms with Gasteiger partial charge in [0.25, 0.3) is 0 Å². The van der Waals surface area contributed by atoms with Crippen molar-refractivity contribution in [2.75, 3.05) is 33.4 Å². The molecular weight excluding hydrogens is 224 g/mol. The van der Waals surface area contributed by atoms with Crippen LogP contribution in [0.1, 0.15) is 19.3 Å². The van der Waals surface area contributed by atoms with Crippen LogP contribution in [0.3, 0.4) is 0 Å². The Morgan fingerprint density at radius 2 is 2.18 bits per heavy atom. The number of hydrogen-bond acceptors (Lipinski definition) is 3. The van der Waals surface area contributed by atoms with Crippen molar-refractivity contribution in [2.24, 2.45) is 5.92 Å². The number of aliphatic carboxylic acids is 1. The molecule has 1 aliphatic rings. The first-order valence-electron chi connectivity index (χ1n) is 5.88. The van der Waals surface area contributed by atoms with Gasteiger partial charge < -0.3 is 20.1 Å². The molecule has 0 spiro atoms. The minimum absolute atomic E-state index is 0.288. The molecular formula is C11H20N2O4. The fourth-order valence-corrected chi connectivity index (χ4v) is 1.31. The molecule has 6 heteroatoms. The summed E-state index contributed by atoms with van der Waals surface area (Å²) in [7, 11) is 1.45. The van der Waals surface area contributed by atoms with Crippen LogP contribution in [0, 0.1) is 5.92 Å². The predicted molar refractivity (Wildman–Crippen MR) is 61.8 cm³/mol. The van der Waals surface area contributed by atoms with Gasteiger partial charge in [-0.2, -0.15) is 0 Å². The molecule has 1 saturated carbocycles. The van der Waals surface area contributed by atoms with Gasteiger partial charge in [0.05, 0.1) is 0 Å². The Hall–Kier alpha value is -1.30. The van der Waals surface area contributed by atoms with Crippen molar-refractivity contribution in [3.63, 3.8) is 0 Å². The molecule has 0 saturated heterocycles. The van der Waals surface area contributed by atoms with E-state index in [0.717, 1.165) is 23.8 Å². The lowest BCUT2D eigenvalue weighted by Crippen LogP contribution is -2.40. The van der Waals surface area contributed by atoms with Crippen molar-refractivity contribution < 1.29 is 19.4 Å². The van der Waals surface area contributed by atoms with Crippen molar-refractivity contribution in [3.8, 4) is 0 Å². The second-order valence-corrected chi connectivity index (χ2v) is 4.35. The molecule has 0 aromatic carbocycles. The Morgan fingerprint density at radius 1 is 1.47 bits per heavy atom. The Bertz CT molecular complexity index is 266. The van der Waals surface area contributed by atoms with E-state index in [1.165, 1.54) is 19.9 Å². The van der Waals surface area contributed by atoms with E-state index in [1.54, 1.807) is 0 Å². The van der Waals surface area contributed by atoms with E-state index in [9.17, 15) is 9.59 Å². The quantitative estimate of drug-likeness (QED) is 0.610. The first kappa shape index (κ1) is 13.8. The van der Waals surface area contributed by atoms with Crippen molar-refractivity contribution in [2.45, 2.75) is 19.3 Å². The van der Waals surface area contributed by atoms with Crippen molar-refractivity contribution in [1.29, 1.82) is 0 Å². The molecule has 1 aliphatic carbocycles. The second-order valence-electron chi connectivity index (χ2n) is 4.35. The summed E-state index contributed by atoms with van der Waals surface area (Å²) in [5.74, 6) is -0.262. The van der Waals surface area contributed by atoms with Gasteiger partial charge in [0.1, 0.15) is 6.54 Å². The maximum atomic E-state index is 11.3. The number of carboxylic acids is 1. The Labute approximate surface area is 101 Å². The molecule has 2 amide bonds. The van der Waals surface area contributed by atoms with Crippen molar-refractivity contribution in [1.82, 2.24) is 10.2 Å². The summed E-state index contributed by atoms with van der Waals surface area (Å²) in [6.07, 6.45) is 3.30. The zero-order chi connectivity index (χ0) is 12.7. The van der Waals surface area contributed by atoms with E-state index in [4.69, 9.17) is 9.84 Å². The van der Waals surface area contributed by atoms with Gasteiger partial charge in [0, 0.05) is 26.8 Å². The summed E-state index contributed by atoms with van der Waals surface area (Å²) in [5, 5.41) is 11.1. The Morgan fingerprint density at radius 3 is 2.76 bits per heavy atom. The molecule has 0 atom stereocenters. The fourth-order valence-electron chi connectivity index (χ4n) is 1.31. The van der Waals surface area contributed by atoms with E-state index >= 15 is 0 Å².